The Morgan fingerprint density at radius 1 is 0.939 bits per heavy atom. The first kappa shape index (κ1) is 23.7. The fourth-order valence-electron chi connectivity index (χ4n) is 3.01. The van der Waals surface area contributed by atoms with Crippen LogP contribution < -0.4 is 14.8 Å². The smallest absolute Gasteiger partial charge is 0.271 e. The van der Waals surface area contributed by atoms with Crippen molar-refractivity contribution in [1.82, 2.24) is 0 Å². The molecule has 0 aromatic heterocycles. The van der Waals surface area contributed by atoms with E-state index in [1.54, 1.807) is 19.1 Å². The third-order valence-corrected chi connectivity index (χ3v) is 6.29. The third-order valence-electron chi connectivity index (χ3n) is 4.92. The van der Waals surface area contributed by atoms with Gasteiger partial charge >= 0.3 is 0 Å². The number of hydrogen-bond acceptors (Lipinski definition) is 6. The van der Waals surface area contributed by atoms with Gasteiger partial charge in [0.25, 0.3) is 21.6 Å². The summed E-state index contributed by atoms with van der Waals surface area (Å²) in [5.74, 6) is -0.169. The van der Waals surface area contributed by atoms with Crippen molar-refractivity contribution in [2.24, 2.45) is 0 Å². The van der Waals surface area contributed by atoms with Gasteiger partial charge in [-0.1, -0.05) is 12.1 Å². The molecule has 0 aliphatic rings. The van der Waals surface area contributed by atoms with Crippen molar-refractivity contribution in [2.75, 3.05) is 16.6 Å². The van der Waals surface area contributed by atoms with Crippen LogP contribution in [-0.4, -0.2) is 25.9 Å². The monoisotopic (exact) mass is 469 g/mol. The molecule has 0 fully saturated rings. The summed E-state index contributed by atoms with van der Waals surface area (Å²) in [5.41, 5.74) is 3.16. The number of ether oxygens (including phenoxy) is 1. The van der Waals surface area contributed by atoms with Crippen LogP contribution in [0.25, 0.3) is 0 Å². The Kier molecular flexibility index (Phi) is 6.98. The second kappa shape index (κ2) is 9.70. The Hall–Kier alpha value is -3.92. The average Bonchev–Trinajstić information content (AvgIpc) is 2.75. The Morgan fingerprint density at radius 3 is 2.36 bits per heavy atom. The van der Waals surface area contributed by atoms with Gasteiger partial charge in [-0.25, -0.2) is 8.42 Å². The molecule has 0 radical (unpaired) electrons. The highest BCUT2D eigenvalue weighted by molar-refractivity contribution is 7.92. The first-order valence-electron chi connectivity index (χ1n) is 9.93. The number of nitro groups is 1. The van der Waals surface area contributed by atoms with Crippen LogP contribution in [0.15, 0.2) is 65.6 Å². The molecule has 0 saturated carbocycles. The molecule has 0 saturated heterocycles. The van der Waals surface area contributed by atoms with Crippen molar-refractivity contribution in [3.05, 3.63) is 87.5 Å². The van der Waals surface area contributed by atoms with E-state index in [0.29, 0.717) is 17.0 Å². The van der Waals surface area contributed by atoms with Crippen LogP contribution in [0.5, 0.6) is 5.75 Å². The van der Waals surface area contributed by atoms with E-state index in [-0.39, 0.29) is 22.9 Å². The summed E-state index contributed by atoms with van der Waals surface area (Å²) in [6.07, 6.45) is 0. The fourth-order valence-corrected chi connectivity index (χ4v) is 4.14. The summed E-state index contributed by atoms with van der Waals surface area (Å²) < 4.78 is 33.5. The maximum atomic E-state index is 12.7. The number of aryl methyl sites for hydroxylation is 3. The molecule has 0 aliphatic heterocycles. The van der Waals surface area contributed by atoms with Gasteiger partial charge in [0.1, 0.15) is 5.75 Å². The van der Waals surface area contributed by atoms with Gasteiger partial charge in [0.05, 0.1) is 9.82 Å². The second-order valence-corrected chi connectivity index (χ2v) is 9.16. The molecule has 0 aliphatic carbocycles. The molecule has 0 bridgehead atoms. The zero-order chi connectivity index (χ0) is 24.2. The minimum absolute atomic E-state index is 0.0617. The van der Waals surface area contributed by atoms with Gasteiger partial charge in [-0.2, -0.15) is 0 Å². The molecule has 33 heavy (non-hydrogen) atoms. The SMILES string of the molecule is Cc1ccc(NS(=O)(=O)c2ccc(OCC(=O)Nc3cccc([N+](=O)[O-])c3)c(C)c2)cc1C. The van der Waals surface area contributed by atoms with Gasteiger partial charge < -0.3 is 10.1 Å². The van der Waals surface area contributed by atoms with Crippen LogP contribution in [0.3, 0.4) is 0 Å². The first-order valence-corrected chi connectivity index (χ1v) is 11.4. The van der Waals surface area contributed by atoms with E-state index in [0.717, 1.165) is 11.1 Å². The lowest BCUT2D eigenvalue weighted by atomic mass is 10.1. The fraction of sp³-hybridized carbons (Fsp3) is 0.174. The summed E-state index contributed by atoms with van der Waals surface area (Å²) >= 11 is 0. The number of nitro benzene ring substituents is 1. The molecule has 10 heteroatoms. The summed E-state index contributed by atoms with van der Waals surface area (Å²) in [6.45, 7) is 5.16. The lowest BCUT2D eigenvalue weighted by molar-refractivity contribution is -0.384. The minimum atomic E-state index is -3.81. The normalized spacial score (nSPS) is 11.0. The molecule has 0 spiro atoms. The molecule has 0 unspecified atom stereocenters. The van der Waals surface area contributed by atoms with Gasteiger partial charge in [-0.15, -0.1) is 0 Å². The number of non-ortho nitro benzene ring substituents is 1. The van der Waals surface area contributed by atoms with Crippen molar-refractivity contribution in [1.29, 1.82) is 0 Å². The summed E-state index contributed by atoms with van der Waals surface area (Å²) in [6, 6.07) is 15.2. The standard InChI is InChI=1S/C23H23N3O6S/c1-15-7-8-19(11-16(15)2)25-33(30,31)21-9-10-22(17(3)12-21)32-14-23(27)24-18-5-4-6-20(13-18)26(28)29/h4-13,25H,14H2,1-3H3,(H,24,27). The number of nitrogens with zero attached hydrogens (tertiary/aromatic N) is 1. The van der Waals surface area contributed by atoms with Gasteiger partial charge in [0.15, 0.2) is 6.61 Å². The Labute approximate surface area is 191 Å². The summed E-state index contributed by atoms with van der Waals surface area (Å²) in [4.78, 5) is 22.5. The number of benzene rings is 3. The van der Waals surface area contributed by atoms with Crippen LogP contribution in [0.4, 0.5) is 17.1 Å². The van der Waals surface area contributed by atoms with Crippen LogP contribution in [0.2, 0.25) is 0 Å². The zero-order valence-electron chi connectivity index (χ0n) is 18.3. The summed E-state index contributed by atoms with van der Waals surface area (Å²) in [5, 5.41) is 13.4. The van der Waals surface area contributed by atoms with E-state index in [2.05, 4.69) is 10.0 Å². The van der Waals surface area contributed by atoms with E-state index in [4.69, 9.17) is 4.74 Å². The predicted molar refractivity (Wildman–Crippen MR) is 125 cm³/mol. The first-order chi connectivity index (χ1) is 15.5. The predicted octanol–water partition coefficient (Wildman–Crippen LogP) is 4.34. The van der Waals surface area contributed by atoms with E-state index in [1.807, 2.05) is 19.9 Å². The number of hydrogen-bond donors (Lipinski definition) is 2. The lowest BCUT2D eigenvalue weighted by Gasteiger charge is -2.13. The van der Waals surface area contributed by atoms with E-state index < -0.39 is 20.9 Å². The number of carbonyl (C=O) groups excluding carboxylic acids is 1. The van der Waals surface area contributed by atoms with Gasteiger partial charge in [0.2, 0.25) is 0 Å². The molecule has 172 valence electrons. The Balaban J connectivity index is 1.65. The van der Waals surface area contributed by atoms with Crippen molar-refractivity contribution < 1.29 is 22.9 Å². The van der Waals surface area contributed by atoms with E-state index >= 15 is 0 Å². The molecule has 3 aromatic rings. The molecular formula is C23H23N3O6S. The number of rotatable bonds is 8. The van der Waals surface area contributed by atoms with Crippen LogP contribution in [-0.2, 0) is 14.8 Å². The molecule has 2 N–H and O–H groups in total. The van der Waals surface area contributed by atoms with Crippen LogP contribution in [0.1, 0.15) is 16.7 Å². The highest BCUT2D eigenvalue weighted by Crippen LogP contribution is 2.24. The van der Waals surface area contributed by atoms with Crippen molar-refractivity contribution in [2.45, 2.75) is 25.7 Å². The zero-order valence-corrected chi connectivity index (χ0v) is 19.1. The number of sulfonamides is 1. The number of nitrogens with one attached hydrogen (secondary N) is 2. The maximum Gasteiger partial charge on any atom is 0.271 e. The molecule has 0 atom stereocenters. The van der Waals surface area contributed by atoms with Crippen LogP contribution >= 0.6 is 0 Å². The second-order valence-electron chi connectivity index (χ2n) is 7.48. The summed E-state index contributed by atoms with van der Waals surface area (Å²) in [7, 11) is -3.81. The van der Waals surface area contributed by atoms with Gasteiger partial charge in [-0.3, -0.25) is 19.6 Å². The topological polar surface area (TPSA) is 128 Å². The molecule has 3 rings (SSSR count). The number of amides is 1. The Morgan fingerprint density at radius 2 is 1.70 bits per heavy atom. The van der Waals surface area contributed by atoms with E-state index in [1.165, 1.54) is 42.5 Å². The van der Waals surface area contributed by atoms with Gasteiger partial charge in [0, 0.05) is 23.5 Å². The average molecular weight is 470 g/mol. The number of carbonyl (C=O) groups is 1. The van der Waals surface area contributed by atoms with Crippen LogP contribution in [0, 0.1) is 30.9 Å². The largest absolute Gasteiger partial charge is 0.483 e. The lowest BCUT2D eigenvalue weighted by Crippen LogP contribution is -2.20. The van der Waals surface area contributed by atoms with Crippen molar-refractivity contribution in [3.8, 4) is 5.75 Å². The maximum absolute atomic E-state index is 12.7. The highest BCUT2D eigenvalue weighted by atomic mass is 32.2. The van der Waals surface area contributed by atoms with Crippen molar-refractivity contribution in [3.63, 3.8) is 0 Å². The number of anilines is 2. The third kappa shape index (κ3) is 6.07. The van der Waals surface area contributed by atoms with Gasteiger partial charge in [-0.05, 0) is 73.9 Å². The molecular weight excluding hydrogens is 446 g/mol. The van der Waals surface area contributed by atoms with Crippen molar-refractivity contribution >= 4 is 33.0 Å². The highest BCUT2D eigenvalue weighted by Gasteiger charge is 2.17. The van der Waals surface area contributed by atoms with E-state index in [9.17, 15) is 23.3 Å². The molecule has 3 aromatic carbocycles. The minimum Gasteiger partial charge on any atom is -0.483 e. The Bertz CT molecular complexity index is 1320. The molecule has 1 amide bonds. The molecule has 0 heterocycles. The quantitative estimate of drug-likeness (QED) is 0.373. The molecule has 9 nitrogen and oxygen atoms in total.